The van der Waals surface area contributed by atoms with Gasteiger partial charge in [0.1, 0.15) is 11.5 Å². The highest BCUT2D eigenvalue weighted by atomic mass is 35.5. The highest BCUT2D eigenvalue weighted by molar-refractivity contribution is 6.47. The largest absolute Gasteiger partial charge is 0.507 e. The van der Waals surface area contributed by atoms with Gasteiger partial charge in [-0.1, -0.05) is 17.7 Å². The zero-order valence-corrected chi connectivity index (χ0v) is 22.6. The number of ether oxygens (including phenoxy) is 4. The van der Waals surface area contributed by atoms with Crippen LogP contribution in [0.25, 0.3) is 5.76 Å². The van der Waals surface area contributed by atoms with Crippen molar-refractivity contribution in [3.8, 4) is 17.2 Å². The minimum atomic E-state index is -0.865. The van der Waals surface area contributed by atoms with Gasteiger partial charge in [0.25, 0.3) is 11.7 Å². The van der Waals surface area contributed by atoms with Crippen LogP contribution in [-0.4, -0.2) is 61.3 Å². The molecule has 1 N–H and O–H groups in total. The van der Waals surface area contributed by atoms with Gasteiger partial charge in [-0.25, -0.2) is 0 Å². The van der Waals surface area contributed by atoms with E-state index in [1.165, 1.54) is 12.0 Å². The van der Waals surface area contributed by atoms with Crippen molar-refractivity contribution >= 4 is 29.1 Å². The molecule has 0 bridgehead atoms. The number of carbonyl (C=O) groups excluding carboxylic acids is 2. The van der Waals surface area contributed by atoms with E-state index in [0.29, 0.717) is 49.1 Å². The first-order valence-corrected chi connectivity index (χ1v) is 12.7. The van der Waals surface area contributed by atoms with E-state index in [2.05, 4.69) is 0 Å². The fourth-order valence-electron chi connectivity index (χ4n) is 4.23. The lowest BCUT2D eigenvalue weighted by molar-refractivity contribution is -0.140. The first kappa shape index (κ1) is 28.3. The summed E-state index contributed by atoms with van der Waals surface area (Å²) in [5.41, 5.74) is 0.738. The number of likely N-dealkylation sites (tertiary alicyclic amines) is 1. The van der Waals surface area contributed by atoms with E-state index in [9.17, 15) is 14.7 Å². The molecule has 1 unspecified atom stereocenters. The normalized spacial score (nSPS) is 16.9. The van der Waals surface area contributed by atoms with Gasteiger partial charge in [0.15, 0.2) is 11.5 Å². The molecule has 1 saturated heterocycles. The molecular weight excluding hydrogens is 498 g/mol. The molecule has 1 aliphatic rings. The molecule has 0 saturated carbocycles. The SMILES string of the molecule is CCOc1ccc(Cl)c(/C(O)=C2\C(=O)C(=O)N(CCCOC(C)C)C2c2ccc(OC)c(OCC)c2)c1. The van der Waals surface area contributed by atoms with Crippen LogP contribution in [0.1, 0.15) is 51.3 Å². The zero-order chi connectivity index (χ0) is 27.1. The van der Waals surface area contributed by atoms with Crippen LogP contribution in [0.15, 0.2) is 42.0 Å². The summed E-state index contributed by atoms with van der Waals surface area (Å²) in [5, 5.41) is 11.6. The Morgan fingerprint density at radius 2 is 1.78 bits per heavy atom. The summed E-state index contributed by atoms with van der Waals surface area (Å²) >= 11 is 6.41. The van der Waals surface area contributed by atoms with Crippen molar-refractivity contribution in [1.29, 1.82) is 0 Å². The number of nitrogens with zero attached hydrogens (tertiary/aromatic N) is 1. The number of rotatable bonds is 12. The standard InChI is InChI=1S/C28H34ClNO7/c1-6-35-19-10-11-21(29)20(16-19)26(31)24-25(18-9-12-22(34-5)23(15-18)36-7-2)30(28(33)27(24)32)13-8-14-37-17(3)4/h9-12,15-17,25,31H,6-8,13-14H2,1-5H3/b26-24+. The molecule has 0 aliphatic carbocycles. The Bertz CT molecular complexity index is 1160. The number of methoxy groups -OCH3 is 1. The molecule has 37 heavy (non-hydrogen) atoms. The molecule has 1 atom stereocenters. The van der Waals surface area contributed by atoms with E-state index >= 15 is 0 Å². The lowest BCUT2D eigenvalue weighted by Gasteiger charge is -2.26. The summed E-state index contributed by atoms with van der Waals surface area (Å²) in [6.45, 7) is 9.02. The van der Waals surface area contributed by atoms with Crippen molar-refractivity contribution in [1.82, 2.24) is 4.90 Å². The van der Waals surface area contributed by atoms with Crippen molar-refractivity contribution in [3.63, 3.8) is 0 Å². The van der Waals surface area contributed by atoms with Crippen LogP contribution < -0.4 is 14.2 Å². The van der Waals surface area contributed by atoms with Crippen molar-refractivity contribution in [3.05, 3.63) is 58.1 Å². The summed E-state index contributed by atoms with van der Waals surface area (Å²) < 4.78 is 22.3. The fraction of sp³-hybridized carbons (Fsp3) is 0.429. The van der Waals surface area contributed by atoms with E-state index in [-0.39, 0.29) is 34.6 Å². The predicted octanol–water partition coefficient (Wildman–Crippen LogP) is 5.38. The molecule has 200 valence electrons. The molecule has 2 aromatic rings. The van der Waals surface area contributed by atoms with Crippen LogP contribution in [-0.2, 0) is 14.3 Å². The summed E-state index contributed by atoms with van der Waals surface area (Å²) in [6, 6.07) is 9.13. The van der Waals surface area contributed by atoms with Crippen LogP contribution in [0.2, 0.25) is 5.02 Å². The van der Waals surface area contributed by atoms with Crippen LogP contribution in [0, 0.1) is 0 Å². The van der Waals surface area contributed by atoms with Gasteiger partial charge in [-0.2, -0.15) is 0 Å². The summed E-state index contributed by atoms with van der Waals surface area (Å²) in [5.74, 6) is -0.411. The third kappa shape index (κ3) is 6.37. The number of carbonyl (C=O) groups is 2. The van der Waals surface area contributed by atoms with Crippen LogP contribution in [0.4, 0.5) is 0 Å². The third-order valence-electron chi connectivity index (χ3n) is 5.84. The predicted molar refractivity (Wildman–Crippen MR) is 141 cm³/mol. The van der Waals surface area contributed by atoms with Gasteiger partial charge in [-0.3, -0.25) is 9.59 Å². The molecule has 0 radical (unpaired) electrons. The second kappa shape index (κ2) is 12.8. The average molecular weight is 532 g/mol. The number of aliphatic hydroxyl groups is 1. The molecule has 1 aliphatic heterocycles. The molecule has 9 heteroatoms. The molecule has 3 rings (SSSR count). The minimum absolute atomic E-state index is 0.0429. The monoisotopic (exact) mass is 531 g/mol. The van der Waals surface area contributed by atoms with Crippen molar-refractivity contribution in [2.24, 2.45) is 0 Å². The quantitative estimate of drug-likeness (QED) is 0.170. The highest BCUT2D eigenvalue weighted by Crippen LogP contribution is 2.43. The Hall–Kier alpha value is -3.23. The number of benzene rings is 2. The van der Waals surface area contributed by atoms with E-state index in [0.717, 1.165) is 0 Å². The van der Waals surface area contributed by atoms with Gasteiger partial charge in [0, 0.05) is 18.7 Å². The Labute approximate surface area is 222 Å². The second-order valence-corrected chi connectivity index (χ2v) is 9.09. The van der Waals surface area contributed by atoms with Gasteiger partial charge < -0.3 is 29.0 Å². The summed E-state index contributed by atoms with van der Waals surface area (Å²) in [7, 11) is 1.53. The molecule has 1 amide bonds. The molecule has 2 aromatic carbocycles. The smallest absolute Gasteiger partial charge is 0.295 e. The van der Waals surface area contributed by atoms with Gasteiger partial charge in [-0.05, 0) is 70.0 Å². The lowest BCUT2D eigenvalue weighted by Crippen LogP contribution is -2.31. The number of ketones is 1. The number of aliphatic hydroxyl groups excluding tert-OH is 1. The molecule has 8 nitrogen and oxygen atoms in total. The number of hydrogen-bond donors (Lipinski definition) is 1. The van der Waals surface area contributed by atoms with Gasteiger partial charge in [0.05, 0.1) is 43.1 Å². The molecule has 1 fully saturated rings. The van der Waals surface area contributed by atoms with Gasteiger partial charge in [-0.15, -0.1) is 0 Å². The van der Waals surface area contributed by atoms with Gasteiger partial charge >= 0.3 is 0 Å². The zero-order valence-electron chi connectivity index (χ0n) is 21.9. The Morgan fingerprint density at radius 1 is 1.05 bits per heavy atom. The number of hydrogen-bond acceptors (Lipinski definition) is 7. The van der Waals surface area contributed by atoms with E-state index in [1.807, 2.05) is 27.7 Å². The van der Waals surface area contributed by atoms with E-state index in [1.54, 1.807) is 36.4 Å². The molecule has 0 spiro atoms. The summed E-state index contributed by atoms with van der Waals surface area (Å²) in [6.07, 6.45) is 0.554. The van der Waals surface area contributed by atoms with Gasteiger partial charge in [0.2, 0.25) is 0 Å². The van der Waals surface area contributed by atoms with E-state index < -0.39 is 17.7 Å². The van der Waals surface area contributed by atoms with Crippen molar-refractivity contribution in [2.45, 2.75) is 46.3 Å². The minimum Gasteiger partial charge on any atom is -0.507 e. The highest BCUT2D eigenvalue weighted by Gasteiger charge is 2.46. The maximum Gasteiger partial charge on any atom is 0.295 e. The number of halogens is 1. The second-order valence-electron chi connectivity index (χ2n) is 8.68. The molecule has 1 heterocycles. The molecule has 0 aromatic heterocycles. The third-order valence-corrected chi connectivity index (χ3v) is 6.17. The Morgan fingerprint density at radius 3 is 2.43 bits per heavy atom. The molecular formula is C28H34ClNO7. The Kier molecular flexibility index (Phi) is 9.83. The Balaban J connectivity index is 2.15. The maximum absolute atomic E-state index is 13.3. The van der Waals surface area contributed by atoms with Crippen LogP contribution in [0.3, 0.4) is 0 Å². The average Bonchev–Trinajstić information content (AvgIpc) is 3.12. The van der Waals surface area contributed by atoms with Crippen LogP contribution >= 0.6 is 11.6 Å². The summed E-state index contributed by atoms with van der Waals surface area (Å²) in [4.78, 5) is 28.0. The number of Topliss-reactive ketones (excluding diaryl/α,β-unsaturated/α-hetero) is 1. The fourth-order valence-corrected chi connectivity index (χ4v) is 4.44. The maximum atomic E-state index is 13.3. The number of amides is 1. The van der Waals surface area contributed by atoms with E-state index in [4.69, 9.17) is 30.5 Å². The van der Waals surface area contributed by atoms with Crippen molar-refractivity contribution in [2.75, 3.05) is 33.5 Å². The first-order valence-electron chi connectivity index (χ1n) is 12.4. The first-order chi connectivity index (χ1) is 17.7. The lowest BCUT2D eigenvalue weighted by atomic mass is 9.94. The van der Waals surface area contributed by atoms with Crippen molar-refractivity contribution < 1.29 is 33.6 Å². The topological polar surface area (TPSA) is 94.5 Å². The van der Waals surface area contributed by atoms with Crippen LogP contribution in [0.5, 0.6) is 17.2 Å².